The van der Waals surface area contributed by atoms with Crippen molar-refractivity contribution in [2.24, 2.45) is 17.8 Å². The average Bonchev–Trinajstić information content (AvgIpc) is 2.61. The first-order valence-electron chi connectivity index (χ1n) is 9.99. The van der Waals surface area contributed by atoms with E-state index in [0.717, 1.165) is 43.3 Å². The van der Waals surface area contributed by atoms with Crippen LogP contribution < -0.4 is 5.32 Å². The summed E-state index contributed by atoms with van der Waals surface area (Å²) in [4.78, 5) is 16.9. The van der Waals surface area contributed by atoms with Crippen LogP contribution in [0.15, 0.2) is 24.3 Å². The summed E-state index contributed by atoms with van der Waals surface area (Å²) in [6.07, 6.45) is 3.52. The molecule has 2 amide bonds. The van der Waals surface area contributed by atoms with E-state index in [4.69, 9.17) is 0 Å². The summed E-state index contributed by atoms with van der Waals surface area (Å²) in [5.74, 6) is 2.06. The molecule has 2 heterocycles. The average molecular weight is 362 g/mol. The molecule has 1 aromatic carbocycles. The Morgan fingerprint density at radius 2 is 1.73 bits per heavy atom. The van der Waals surface area contributed by atoms with Crippen molar-refractivity contribution in [3.8, 4) is 0 Å². The number of urea groups is 1. The van der Waals surface area contributed by atoms with E-state index in [-0.39, 0.29) is 11.8 Å². The number of halogens is 1. The number of rotatable bonds is 4. The predicted molar refractivity (Wildman–Crippen MR) is 102 cm³/mol. The molecular formula is C21H32FN3O. The van der Waals surface area contributed by atoms with E-state index in [1.165, 1.54) is 38.2 Å². The van der Waals surface area contributed by atoms with Gasteiger partial charge in [-0.2, -0.15) is 0 Å². The fourth-order valence-electron chi connectivity index (χ4n) is 4.52. The van der Waals surface area contributed by atoms with Crippen LogP contribution in [0, 0.1) is 23.6 Å². The quantitative estimate of drug-likeness (QED) is 0.887. The van der Waals surface area contributed by atoms with Crippen molar-refractivity contribution in [1.82, 2.24) is 15.1 Å². The molecule has 144 valence electrons. The molecule has 2 aliphatic heterocycles. The van der Waals surface area contributed by atoms with Gasteiger partial charge in [0.1, 0.15) is 5.82 Å². The Morgan fingerprint density at radius 3 is 2.35 bits per heavy atom. The van der Waals surface area contributed by atoms with Crippen molar-refractivity contribution >= 4 is 6.03 Å². The predicted octanol–water partition coefficient (Wildman–Crippen LogP) is 3.73. The van der Waals surface area contributed by atoms with Crippen LogP contribution in [-0.4, -0.2) is 48.6 Å². The number of piperidine rings is 2. The maximum absolute atomic E-state index is 12.9. The molecule has 0 aromatic heterocycles. The van der Waals surface area contributed by atoms with Crippen LogP contribution >= 0.6 is 0 Å². The first kappa shape index (κ1) is 19.2. The third-order valence-corrected chi connectivity index (χ3v) is 5.72. The van der Waals surface area contributed by atoms with Gasteiger partial charge in [0.25, 0.3) is 0 Å². The van der Waals surface area contributed by atoms with Gasteiger partial charge in [0.05, 0.1) is 0 Å². The molecule has 1 aromatic rings. The van der Waals surface area contributed by atoms with E-state index >= 15 is 0 Å². The minimum absolute atomic E-state index is 0.00649. The minimum atomic E-state index is -0.250. The minimum Gasteiger partial charge on any atom is -0.334 e. The molecule has 0 radical (unpaired) electrons. The normalized spacial score (nSPS) is 25.3. The van der Waals surface area contributed by atoms with Crippen molar-refractivity contribution in [2.45, 2.75) is 39.7 Å². The van der Waals surface area contributed by atoms with Gasteiger partial charge in [-0.15, -0.1) is 0 Å². The lowest BCUT2D eigenvalue weighted by Crippen LogP contribution is -2.47. The summed E-state index contributed by atoms with van der Waals surface area (Å²) in [6.45, 7) is 10.5. The van der Waals surface area contributed by atoms with E-state index in [1.54, 1.807) is 12.1 Å². The smallest absolute Gasteiger partial charge is 0.317 e. The molecule has 0 saturated carbocycles. The summed E-state index contributed by atoms with van der Waals surface area (Å²) in [5.41, 5.74) is 0.919. The van der Waals surface area contributed by atoms with Crippen LogP contribution in [0.2, 0.25) is 0 Å². The maximum atomic E-state index is 12.9. The fourth-order valence-corrected chi connectivity index (χ4v) is 4.52. The molecule has 4 nitrogen and oxygen atoms in total. The van der Waals surface area contributed by atoms with E-state index < -0.39 is 0 Å². The standard InChI is InChI=1S/C21H32FN3O/c1-16-11-17(2)14-24(13-16)15-19-7-9-25(10-8-19)21(26)23-12-18-3-5-20(22)6-4-18/h3-6,16-17,19H,7-15H2,1-2H3,(H,23,26)/t16-,17+. The van der Waals surface area contributed by atoms with Gasteiger partial charge in [0, 0.05) is 39.3 Å². The van der Waals surface area contributed by atoms with E-state index in [9.17, 15) is 9.18 Å². The molecule has 2 atom stereocenters. The van der Waals surface area contributed by atoms with Crippen molar-refractivity contribution in [1.29, 1.82) is 0 Å². The number of carbonyl (C=O) groups is 1. The highest BCUT2D eigenvalue weighted by molar-refractivity contribution is 5.74. The fraction of sp³-hybridized carbons (Fsp3) is 0.667. The number of hydrogen-bond acceptors (Lipinski definition) is 2. The first-order valence-corrected chi connectivity index (χ1v) is 9.99. The van der Waals surface area contributed by atoms with Crippen molar-refractivity contribution < 1.29 is 9.18 Å². The molecule has 1 N–H and O–H groups in total. The maximum Gasteiger partial charge on any atom is 0.317 e. The molecule has 0 bridgehead atoms. The van der Waals surface area contributed by atoms with Crippen LogP contribution in [0.5, 0.6) is 0 Å². The highest BCUT2D eigenvalue weighted by Crippen LogP contribution is 2.25. The van der Waals surface area contributed by atoms with Gasteiger partial charge in [-0.05, 0) is 54.7 Å². The summed E-state index contributed by atoms with van der Waals surface area (Å²) >= 11 is 0. The Labute approximate surface area is 156 Å². The molecule has 2 aliphatic rings. The van der Waals surface area contributed by atoms with Crippen LogP contribution in [0.3, 0.4) is 0 Å². The number of nitrogens with one attached hydrogen (secondary N) is 1. The topological polar surface area (TPSA) is 35.6 Å². The second-order valence-corrected chi connectivity index (χ2v) is 8.38. The largest absolute Gasteiger partial charge is 0.334 e. The summed E-state index contributed by atoms with van der Waals surface area (Å²) in [6, 6.07) is 6.27. The summed E-state index contributed by atoms with van der Waals surface area (Å²) in [7, 11) is 0. The zero-order valence-corrected chi connectivity index (χ0v) is 16.1. The van der Waals surface area contributed by atoms with E-state index in [0.29, 0.717) is 12.5 Å². The Morgan fingerprint density at radius 1 is 1.12 bits per heavy atom. The summed E-state index contributed by atoms with van der Waals surface area (Å²) < 4.78 is 12.9. The monoisotopic (exact) mass is 361 g/mol. The van der Waals surface area contributed by atoms with Crippen LogP contribution in [0.1, 0.15) is 38.7 Å². The molecule has 26 heavy (non-hydrogen) atoms. The second-order valence-electron chi connectivity index (χ2n) is 8.38. The number of hydrogen-bond donors (Lipinski definition) is 1. The van der Waals surface area contributed by atoms with E-state index in [2.05, 4.69) is 24.1 Å². The van der Waals surface area contributed by atoms with Crippen molar-refractivity contribution in [3.05, 3.63) is 35.6 Å². The van der Waals surface area contributed by atoms with Crippen LogP contribution in [0.25, 0.3) is 0 Å². The van der Waals surface area contributed by atoms with E-state index in [1.807, 2.05) is 4.90 Å². The molecular weight excluding hydrogens is 329 g/mol. The summed E-state index contributed by atoms with van der Waals surface area (Å²) in [5, 5.41) is 2.95. The second kappa shape index (κ2) is 8.85. The first-order chi connectivity index (χ1) is 12.5. The zero-order chi connectivity index (χ0) is 18.5. The number of carbonyl (C=O) groups excluding carboxylic acids is 1. The Balaban J connectivity index is 1.38. The Kier molecular flexibility index (Phi) is 6.52. The van der Waals surface area contributed by atoms with Gasteiger partial charge in [-0.1, -0.05) is 26.0 Å². The molecule has 2 fully saturated rings. The van der Waals surface area contributed by atoms with Crippen molar-refractivity contribution in [3.63, 3.8) is 0 Å². The van der Waals surface area contributed by atoms with Crippen molar-refractivity contribution in [2.75, 3.05) is 32.7 Å². The van der Waals surface area contributed by atoms with Crippen LogP contribution in [-0.2, 0) is 6.54 Å². The van der Waals surface area contributed by atoms with Gasteiger partial charge in [0.15, 0.2) is 0 Å². The zero-order valence-electron chi connectivity index (χ0n) is 16.1. The molecule has 3 rings (SSSR count). The Hall–Kier alpha value is -1.62. The lowest BCUT2D eigenvalue weighted by molar-refractivity contribution is 0.0995. The number of benzene rings is 1. The number of nitrogens with zero attached hydrogens (tertiary/aromatic N) is 2. The highest BCUT2D eigenvalue weighted by Gasteiger charge is 2.27. The lowest BCUT2D eigenvalue weighted by atomic mass is 9.89. The Bertz CT molecular complexity index is 573. The highest BCUT2D eigenvalue weighted by atomic mass is 19.1. The van der Waals surface area contributed by atoms with Gasteiger partial charge in [0.2, 0.25) is 0 Å². The third kappa shape index (κ3) is 5.44. The third-order valence-electron chi connectivity index (χ3n) is 5.72. The molecule has 0 aliphatic carbocycles. The molecule has 0 spiro atoms. The molecule has 2 saturated heterocycles. The number of amides is 2. The van der Waals surface area contributed by atoms with Gasteiger partial charge >= 0.3 is 6.03 Å². The SMILES string of the molecule is C[C@@H]1C[C@H](C)CN(CC2CCN(C(=O)NCc3ccc(F)cc3)CC2)C1. The molecule has 5 heteroatoms. The van der Waals surface area contributed by atoms with Crippen LogP contribution in [0.4, 0.5) is 9.18 Å². The van der Waals surface area contributed by atoms with Gasteiger partial charge in [-0.3, -0.25) is 0 Å². The number of likely N-dealkylation sites (tertiary alicyclic amines) is 2. The lowest BCUT2D eigenvalue weighted by Gasteiger charge is -2.39. The van der Waals surface area contributed by atoms with Gasteiger partial charge in [-0.25, -0.2) is 9.18 Å². The van der Waals surface area contributed by atoms with Gasteiger partial charge < -0.3 is 15.1 Å². The molecule has 0 unspecified atom stereocenters.